The number of para-hydroxylation sites is 3. The maximum absolute atomic E-state index is 6.92. The fraction of sp³-hybridized carbons (Fsp3) is 0. The second-order valence-electron chi connectivity index (χ2n) is 10.9. The summed E-state index contributed by atoms with van der Waals surface area (Å²) < 4.78 is 39.2. The zero-order valence-corrected chi connectivity index (χ0v) is 27.4. The van der Waals surface area contributed by atoms with Crippen LogP contribution in [0.4, 0.5) is 0 Å². The van der Waals surface area contributed by atoms with E-state index in [2.05, 4.69) is 0 Å². The van der Waals surface area contributed by atoms with Crippen molar-refractivity contribution in [2.24, 2.45) is 0 Å². The minimum Gasteiger partial charge on any atom is -0.480 e. The van der Waals surface area contributed by atoms with Crippen LogP contribution in [-0.4, -0.2) is 8.80 Å². The van der Waals surface area contributed by atoms with Crippen molar-refractivity contribution in [2.75, 3.05) is 0 Å². The first-order chi connectivity index (χ1) is 24.2. The molecule has 0 bridgehead atoms. The van der Waals surface area contributed by atoms with Gasteiger partial charge in [0.05, 0.1) is 5.19 Å². The van der Waals surface area contributed by atoms with Crippen LogP contribution in [-0.2, 0) is 0 Å². The Kier molecular flexibility index (Phi) is 9.53. The zero-order valence-electron chi connectivity index (χ0n) is 26.4. The Labute approximate surface area is 286 Å². The van der Waals surface area contributed by atoms with Gasteiger partial charge < -0.3 is 27.5 Å². The first kappa shape index (κ1) is 31.2. The van der Waals surface area contributed by atoms with Crippen LogP contribution in [0.1, 0.15) is 0 Å². The van der Waals surface area contributed by atoms with Crippen molar-refractivity contribution in [1.82, 2.24) is 0 Å². The molecule has 0 aliphatic carbocycles. The Morgan fingerprint density at radius 2 is 0.510 bits per heavy atom. The second-order valence-corrected chi connectivity index (χ2v) is 13.2. The van der Waals surface area contributed by atoms with Gasteiger partial charge in [-0.1, -0.05) is 103 Å². The molecule has 0 atom stereocenters. The van der Waals surface area contributed by atoms with E-state index in [0.29, 0.717) is 51.7 Å². The lowest BCUT2D eigenvalue weighted by Gasteiger charge is -2.30. The maximum atomic E-state index is 6.92. The van der Waals surface area contributed by atoms with Gasteiger partial charge in [0.25, 0.3) is 0 Å². The van der Waals surface area contributed by atoms with Gasteiger partial charge in [0.1, 0.15) is 51.7 Å². The molecule has 7 aromatic carbocycles. The summed E-state index contributed by atoms with van der Waals surface area (Å²) in [6.07, 6.45) is 0. The summed E-state index contributed by atoms with van der Waals surface area (Å²) in [7, 11) is -3.91. The average molecular weight is 661 g/mol. The largest absolute Gasteiger partial charge is 0.737 e. The molecule has 7 rings (SSSR count). The average Bonchev–Trinajstić information content (AvgIpc) is 3.14. The number of hydrogen-bond acceptors (Lipinski definition) is 6. The molecule has 0 amide bonds. The predicted molar refractivity (Wildman–Crippen MR) is 193 cm³/mol. The Balaban J connectivity index is 1.28. The van der Waals surface area contributed by atoms with Gasteiger partial charge in [0.15, 0.2) is 0 Å². The number of rotatable bonds is 13. The smallest absolute Gasteiger partial charge is 0.480 e. The van der Waals surface area contributed by atoms with Gasteiger partial charge in [-0.3, -0.25) is 0 Å². The number of hydrogen-bond donors (Lipinski definition) is 0. The molecular weight excluding hydrogens is 629 g/mol. The molecule has 240 valence electrons. The van der Waals surface area contributed by atoms with Crippen molar-refractivity contribution >= 4 is 14.0 Å². The molecule has 0 aromatic heterocycles. The summed E-state index contributed by atoms with van der Waals surface area (Å²) in [5, 5.41) is 0.744. The van der Waals surface area contributed by atoms with E-state index in [0.717, 1.165) is 5.19 Å². The highest BCUT2D eigenvalue weighted by Crippen LogP contribution is 2.32. The second kappa shape index (κ2) is 15.0. The van der Waals surface area contributed by atoms with Crippen molar-refractivity contribution in [1.29, 1.82) is 0 Å². The minimum absolute atomic E-state index is 0.511. The van der Waals surface area contributed by atoms with E-state index in [9.17, 15) is 0 Å². The predicted octanol–water partition coefficient (Wildman–Crippen LogP) is 10.4. The van der Waals surface area contributed by atoms with Gasteiger partial charge in [0, 0.05) is 18.2 Å². The molecular formula is C42H32O6Si. The Hall–Kier alpha value is -6.44. The van der Waals surface area contributed by atoms with E-state index in [1.165, 1.54) is 0 Å². The lowest BCUT2D eigenvalue weighted by Crippen LogP contribution is -2.64. The molecule has 0 fully saturated rings. The van der Waals surface area contributed by atoms with Crippen molar-refractivity contribution in [2.45, 2.75) is 0 Å². The van der Waals surface area contributed by atoms with Crippen molar-refractivity contribution in [3.8, 4) is 51.7 Å². The molecule has 49 heavy (non-hydrogen) atoms. The summed E-state index contributed by atoms with van der Waals surface area (Å²) >= 11 is 0. The van der Waals surface area contributed by atoms with E-state index in [1.807, 2.05) is 194 Å². The maximum Gasteiger partial charge on any atom is 0.737 e. The van der Waals surface area contributed by atoms with Gasteiger partial charge in [-0.25, -0.2) is 0 Å². The highest BCUT2D eigenvalue weighted by molar-refractivity contribution is 6.77. The summed E-state index contributed by atoms with van der Waals surface area (Å²) in [4.78, 5) is 0. The fourth-order valence-corrected chi connectivity index (χ4v) is 7.42. The van der Waals surface area contributed by atoms with Gasteiger partial charge >= 0.3 is 8.80 Å². The van der Waals surface area contributed by atoms with Crippen LogP contribution in [0.2, 0.25) is 0 Å². The zero-order chi connectivity index (χ0) is 33.1. The third kappa shape index (κ3) is 8.29. The first-order valence-electron chi connectivity index (χ1n) is 15.8. The Morgan fingerprint density at radius 1 is 0.245 bits per heavy atom. The summed E-state index contributed by atoms with van der Waals surface area (Å²) in [6.45, 7) is 0. The van der Waals surface area contributed by atoms with Crippen molar-refractivity contribution in [3.63, 3.8) is 0 Å². The van der Waals surface area contributed by atoms with Crippen LogP contribution in [0, 0.1) is 0 Å². The fourth-order valence-electron chi connectivity index (χ4n) is 5.02. The van der Waals surface area contributed by atoms with Crippen molar-refractivity contribution < 1.29 is 27.5 Å². The van der Waals surface area contributed by atoms with Crippen LogP contribution >= 0.6 is 0 Å². The van der Waals surface area contributed by atoms with Crippen LogP contribution in [0.3, 0.4) is 0 Å². The molecule has 0 heterocycles. The molecule has 0 radical (unpaired) electrons. The molecule has 7 aromatic rings. The Bertz CT molecular complexity index is 1870. The van der Waals surface area contributed by atoms with Crippen LogP contribution in [0.25, 0.3) is 0 Å². The van der Waals surface area contributed by atoms with E-state index >= 15 is 0 Å². The number of ether oxygens (including phenoxy) is 3. The molecule has 0 unspecified atom stereocenters. The van der Waals surface area contributed by atoms with Crippen LogP contribution in [0.5, 0.6) is 51.7 Å². The van der Waals surface area contributed by atoms with E-state index in [1.54, 1.807) is 0 Å². The molecule has 0 aliphatic heterocycles. The standard InChI is InChI=1S/C42H32O6Si/c1-5-16-33(17-6-1)43-36-22-13-25-39(30-36)46-49(42-28-11-4-12-29-42,47-40-26-14-23-37(31-40)44-34-18-7-2-8-19-34)48-41-27-15-24-38(32-41)45-35-20-9-3-10-21-35/h1-32H. The SMILES string of the molecule is c1ccc(Oc2cccc(O[Si](Oc3cccc(Oc4ccccc4)c3)(Oc3cccc(Oc4ccccc4)c3)c3ccccc3)c2)cc1. The quantitative estimate of drug-likeness (QED) is 0.115. The lowest BCUT2D eigenvalue weighted by atomic mass is 10.3. The summed E-state index contributed by atoms with van der Waals surface area (Å²) in [5.74, 6) is 5.49. The highest BCUT2D eigenvalue weighted by Gasteiger charge is 2.52. The highest BCUT2D eigenvalue weighted by atomic mass is 28.4. The van der Waals surface area contributed by atoms with Gasteiger partial charge in [-0.05, 0) is 72.8 Å². The van der Waals surface area contributed by atoms with Crippen LogP contribution < -0.4 is 32.7 Å². The normalized spacial score (nSPS) is 10.9. The molecule has 6 nitrogen and oxygen atoms in total. The lowest BCUT2D eigenvalue weighted by molar-refractivity contribution is 0.280. The molecule has 0 N–H and O–H groups in total. The molecule has 0 saturated carbocycles. The number of benzene rings is 7. The molecule has 0 saturated heterocycles. The van der Waals surface area contributed by atoms with Gasteiger partial charge in [-0.2, -0.15) is 0 Å². The van der Waals surface area contributed by atoms with E-state index < -0.39 is 8.80 Å². The Morgan fingerprint density at radius 3 is 0.837 bits per heavy atom. The van der Waals surface area contributed by atoms with E-state index in [-0.39, 0.29) is 0 Å². The minimum atomic E-state index is -3.91. The van der Waals surface area contributed by atoms with Crippen molar-refractivity contribution in [3.05, 3.63) is 194 Å². The molecule has 0 aliphatic rings. The van der Waals surface area contributed by atoms with Gasteiger partial charge in [-0.15, -0.1) is 0 Å². The third-order valence-corrected chi connectivity index (χ3v) is 9.79. The summed E-state index contributed by atoms with van der Waals surface area (Å²) in [5.41, 5.74) is 0. The topological polar surface area (TPSA) is 55.4 Å². The monoisotopic (exact) mass is 660 g/mol. The molecule has 0 spiro atoms. The van der Waals surface area contributed by atoms with E-state index in [4.69, 9.17) is 27.5 Å². The summed E-state index contributed by atoms with van der Waals surface area (Å²) in [6, 6.07) is 60.8. The van der Waals surface area contributed by atoms with Gasteiger partial charge in [0.2, 0.25) is 0 Å². The molecule has 7 heteroatoms. The van der Waals surface area contributed by atoms with Crippen LogP contribution in [0.15, 0.2) is 194 Å². The first-order valence-corrected chi connectivity index (χ1v) is 17.5. The third-order valence-electron chi connectivity index (χ3n) is 7.24.